The van der Waals surface area contributed by atoms with E-state index in [1.165, 1.54) is 0 Å². The van der Waals surface area contributed by atoms with Gasteiger partial charge in [-0.15, -0.1) is 0 Å². The van der Waals surface area contributed by atoms with Gasteiger partial charge in [0.05, 0.1) is 27.7 Å². The second-order valence-corrected chi connectivity index (χ2v) is 16.8. The number of carbonyl (C=O) groups excluding carboxylic acids is 3. The molecule has 0 amide bonds. The molecule has 0 saturated heterocycles. The van der Waals surface area contributed by atoms with Crippen molar-refractivity contribution in [2.45, 2.75) is 142 Å². The van der Waals surface area contributed by atoms with Crippen LogP contribution in [0.2, 0.25) is 0 Å². The lowest BCUT2D eigenvalue weighted by Crippen LogP contribution is -2.37. The molecule has 0 N–H and O–H groups in total. The Labute approximate surface area is 358 Å². The summed E-state index contributed by atoms with van der Waals surface area (Å²) in [6.45, 7) is 3.81. The summed E-state index contributed by atoms with van der Waals surface area (Å²) in [6, 6.07) is 0. The summed E-state index contributed by atoms with van der Waals surface area (Å²) < 4.78 is 33.8. The van der Waals surface area contributed by atoms with Crippen LogP contribution in [0.25, 0.3) is 0 Å². The SMILES string of the molecule is CC/C=C\C/C=C\C/C=C\C/C=C\CCCCCCC(=O)O[C@H](COC(=O)CCC/C=C\C/C=C\C/C=C\C=C\C(=O)CCCCC)COP(=O)([O-])OCC[N+](C)(C)C. The summed E-state index contributed by atoms with van der Waals surface area (Å²) in [5.41, 5.74) is 0. The van der Waals surface area contributed by atoms with Crippen LogP contribution in [0, 0.1) is 0 Å². The van der Waals surface area contributed by atoms with Crippen LogP contribution in [0.15, 0.2) is 97.2 Å². The fourth-order valence-electron chi connectivity index (χ4n) is 5.12. The van der Waals surface area contributed by atoms with E-state index in [4.69, 9.17) is 18.5 Å². The minimum atomic E-state index is -4.66. The second kappa shape index (κ2) is 38.8. The zero-order valence-corrected chi connectivity index (χ0v) is 38.0. The minimum absolute atomic E-state index is 0.0602. The molecule has 0 aliphatic carbocycles. The predicted molar refractivity (Wildman–Crippen MR) is 240 cm³/mol. The molecule has 0 fully saturated rings. The molecule has 334 valence electrons. The van der Waals surface area contributed by atoms with Gasteiger partial charge in [-0.05, 0) is 83.1 Å². The number of unbranched alkanes of at least 4 members (excludes halogenated alkanes) is 7. The molecule has 0 bridgehead atoms. The fraction of sp³-hybridized carbons (Fsp3) is 0.604. The van der Waals surface area contributed by atoms with E-state index in [0.717, 1.165) is 83.5 Å². The van der Waals surface area contributed by atoms with E-state index in [1.54, 1.807) is 12.2 Å². The number of carbonyl (C=O) groups is 3. The molecule has 0 radical (unpaired) electrons. The first-order valence-electron chi connectivity index (χ1n) is 21.9. The maximum Gasteiger partial charge on any atom is 0.306 e. The van der Waals surface area contributed by atoms with Crippen LogP contribution in [0.3, 0.4) is 0 Å². The summed E-state index contributed by atoms with van der Waals surface area (Å²) in [7, 11) is 1.06. The molecule has 0 rings (SSSR count). The average Bonchev–Trinajstić information content (AvgIpc) is 3.18. The monoisotopic (exact) mass is 844 g/mol. The van der Waals surface area contributed by atoms with Crippen LogP contribution in [0.4, 0.5) is 0 Å². The molecule has 0 saturated carbocycles. The molecular formula is C48H78NO9P. The van der Waals surface area contributed by atoms with E-state index in [0.29, 0.717) is 36.7 Å². The van der Waals surface area contributed by atoms with Crippen molar-refractivity contribution in [2.24, 2.45) is 0 Å². The Kier molecular flexibility index (Phi) is 36.5. The van der Waals surface area contributed by atoms with Crippen molar-refractivity contribution in [3.63, 3.8) is 0 Å². The molecule has 0 heterocycles. The highest BCUT2D eigenvalue weighted by Crippen LogP contribution is 2.38. The highest BCUT2D eigenvalue weighted by molar-refractivity contribution is 7.45. The maximum atomic E-state index is 12.7. The van der Waals surface area contributed by atoms with Crippen LogP contribution < -0.4 is 4.89 Å². The van der Waals surface area contributed by atoms with Gasteiger partial charge >= 0.3 is 11.9 Å². The van der Waals surface area contributed by atoms with Gasteiger partial charge in [-0.1, -0.05) is 131 Å². The van der Waals surface area contributed by atoms with E-state index in [1.807, 2.05) is 45.4 Å². The van der Waals surface area contributed by atoms with Crippen LogP contribution in [0.1, 0.15) is 136 Å². The van der Waals surface area contributed by atoms with Gasteiger partial charge in [0.25, 0.3) is 7.82 Å². The van der Waals surface area contributed by atoms with Gasteiger partial charge < -0.3 is 27.9 Å². The Hall–Kier alpha value is -3.40. The third-order valence-electron chi connectivity index (χ3n) is 8.56. The number of ether oxygens (including phenoxy) is 2. The maximum absolute atomic E-state index is 12.7. The molecule has 0 aliphatic rings. The van der Waals surface area contributed by atoms with E-state index in [-0.39, 0.29) is 31.8 Å². The summed E-state index contributed by atoms with van der Waals surface area (Å²) in [5.74, 6) is -0.809. The van der Waals surface area contributed by atoms with Crippen molar-refractivity contribution in [1.29, 1.82) is 0 Å². The molecule has 0 spiro atoms. The molecule has 0 aromatic heterocycles. The number of likely N-dealkylation sites (N-methyl/N-ethyl adjacent to an activating group) is 1. The van der Waals surface area contributed by atoms with E-state index in [2.05, 4.69) is 74.6 Å². The highest BCUT2D eigenvalue weighted by Gasteiger charge is 2.21. The lowest BCUT2D eigenvalue weighted by atomic mass is 10.1. The van der Waals surface area contributed by atoms with Gasteiger partial charge in [-0.3, -0.25) is 18.9 Å². The molecule has 1 unspecified atom stereocenters. The first-order valence-corrected chi connectivity index (χ1v) is 23.4. The first-order chi connectivity index (χ1) is 28.4. The Morgan fingerprint density at radius 3 is 1.75 bits per heavy atom. The number of rotatable bonds is 38. The van der Waals surface area contributed by atoms with Crippen molar-refractivity contribution in [2.75, 3.05) is 47.5 Å². The van der Waals surface area contributed by atoms with E-state index >= 15 is 0 Å². The molecule has 0 aromatic rings. The number of quaternary nitrogens is 1. The summed E-state index contributed by atoms with van der Waals surface area (Å²) >= 11 is 0. The van der Waals surface area contributed by atoms with Crippen molar-refractivity contribution < 1.29 is 46.8 Å². The number of phosphoric ester groups is 1. The Balaban J connectivity index is 4.57. The van der Waals surface area contributed by atoms with Gasteiger partial charge in [0.1, 0.15) is 19.8 Å². The summed E-state index contributed by atoms with van der Waals surface area (Å²) in [4.78, 5) is 49.2. The quantitative estimate of drug-likeness (QED) is 0.0113. The van der Waals surface area contributed by atoms with E-state index < -0.39 is 32.5 Å². The normalized spacial score (nSPS) is 14.4. The van der Waals surface area contributed by atoms with Crippen molar-refractivity contribution in [1.82, 2.24) is 0 Å². The predicted octanol–water partition coefficient (Wildman–Crippen LogP) is 11.1. The van der Waals surface area contributed by atoms with Gasteiger partial charge in [0.15, 0.2) is 11.9 Å². The zero-order chi connectivity index (χ0) is 43.7. The smallest absolute Gasteiger partial charge is 0.306 e. The lowest BCUT2D eigenvalue weighted by Gasteiger charge is -2.28. The Morgan fingerprint density at radius 1 is 0.593 bits per heavy atom. The third-order valence-corrected chi connectivity index (χ3v) is 9.53. The Morgan fingerprint density at radius 2 is 1.14 bits per heavy atom. The fourth-order valence-corrected chi connectivity index (χ4v) is 5.85. The van der Waals surface area contributed by atoms with Crippen molar-refractivity contribution >= 4 is 25.5 Å². The standard InChI is InChI=1S/C48H78NO9P/c1-6-8-10-11-12-13-14-15-16-17-18-19-22-26-29-32-36-40-48(52)58-46(44-57-59(53,54)56-42-41-49(3,4)5)43-55-47(51)39-35-31-28-25-23-20-21-24-27-30-34-38-45(50)37-33-9-7-2/h8,10,12-13,15-16,18-21,25,27-28,30,34,38,46H,6-7,9,11,14,17,22-24,26,29,31-33,35-37,39-44H2,1-5H3/b10-8-,13-12-,16-15-,19-18-,21-20-,28-25-,30-27-,38-34+/t46-/m1/s1. The van der Waals surface area contributed by atoms with Gasteiger partial charge in [0, 0.05) is 19.3 Å². The number of phosphoric acid groups is 1. The molecule has 11 heteroatoms. The average molecular weight is 844 g/mol. The number of nitrogens with zero attached hydrogens (tertiary/aromatic N) is 1. The number of hydrogen-bond acceptors (Lipinski definition) is 9. The molecular weight excluding hydrogens is 766 g/mol. The molecule has 2 atom stereocenters. The minimum Gasteiger partial charge on any atom is -0.756 e. The number of ketones is 1. The highest BCUT2D eigenvalue weighted by atomic mass is 31.2. The van der Waals surface area contributed by atoms with E-state index in [9.17, 15) is 23.8 Å². The van der Waals surface area contributed by atoms with Crippen LogP contribution in [0.5, 0.6) is 0 Å². The topological polar surface area (TPSA) is 128 Å². The third kappa shape index (κ3) is 42.5. The summed E-state index contributed by atoms with van der Waals surface area (Å²) in [6.07, 6.45) is 47.1. The van der Waals surface area contributed by atoms with Crippen molar-refractivity contribution in [3.8, 4) is 0 Å². The number of allylic oxidation sites excluding steroid dienone is 16. The van der Waals surface area contributed by atoms with Crippen molar-refractivity contribution in [3.05, 3.63) is 97.2 Å². The first kappa shape index (κ1) is 55.6. The number of esters is 2. The molecule has 0 aromatic carbocycles. The zero-order valence-electron chi connectivity index (χ0n) is 37.1. The number of hydrogen-bond donors (Lipinski definition) is 0. The largest absolute Gasteiger partial charge is 0.756 e. The Bertz CT molecular complexity index is 1380. The van der Waals surface area contributed by atoms with Gasteiger partial charge in [0.2, 0.25) is 0 Å². The van der Waals surface area contributed by atoms with Gasteiger partial charge in [-0.25, -0.2) is 0 Å². The van der Waals surface area contributed by atoms with Crippen LogP contribution >= 0.6 is 7.82 Å². The van der Waals surface area contributed by atoms with Crippen LogP contribution in [-0.4, -0.2) is 75.8 Å². The second-order valence-electron chi connectivity index (χ2n) is 15.4. The lowest BCUT2D eigenvalue weighted by molar-refractivity contribution is -0.870. The van der Waals surface area contributed by atoms with Gasteiger partial charge in [-0.2, -0.15) is 0 Å². The molecule has 59 heavy (non-hydrogen) atoms. The molecule has 0 aliphatic heterocycles. The molecule has 10 nitrogen and oxygen atoms in total. The van der Waals surface area contributed by atoms with Crippen LogP contribution in [-0.2, 0) is 37.5 Å². The summed E-state index contributed by atoms with van der Waals surface area (Å²) in [5, 5.41) is 0.